The van der Waals surface area contributed by atoms with Crippen LogP contribution in [0, 0.1) is 0 Å². The van der Waals surface area contributed by atoms with Crippen LogP contribution in [0.3, 0.4) is 0 Å². The first-order chi connectivity index (χ1) is 18.9. The van der Waals surface area contributed by atoms with E-state index < -0.39 is 12.0 Å². The highest BCUT2D eigenvalue weighted by Crippen LogP contribution is 2.41. The van der Waals surface area contributed by atoms with E-state index >= 15 is 0 Å². The fourth-order valence-electron chi connectivity index (χ4n) is 4.32. The number of fused-ring (bicyclic) bond motifs is 1. The van der Waals surface area contributed by atoms with E-state index in [1.165, 1.54) is 13.4 Å². The zero-order chi connectivity index (χ0) is 27.5. The minimum atomic E-state index is -0.662. The minimum Gasteiger partial charge on any atom is -0.490 e. The fraction of sp³-hybridized carbons (Fsp3) is 0.179. The number of anilines is 1. The molecule has 0 amide bonds. The van der Waals surface area contributed by atoms with Crippen LogP contribution in [-0.2, 0) is 16.1 Å². The number of methoxy groups -OCH3 is 1. The molecule has 4 aromatic rings. The van der Waals surface area contributed by atoms with Gasteiger partial charge in [0.05, 0.1) is 35.0 Å². The predicted octanol–water partition coefficient (Wildman–Crippen LogP) is 6.82. The molecule has 1 aliphatic heterocycles. The van der Waals surface area contributed by atoms with Gasteiger partial charge < -0.3 is 19.5 Å². The molecule has 39 heavy (non-hydrogen) atoms. The number of halogens is 3. The summed E-state index contributed by atoms with van der Waals surface area (Å²) in [6, 6.07) is 17.3. The van der Waals surface area contributed by atoms with Crippen molar-refractivity contribution in [1.82, 2.24) is 14.8 Å². The lowest BCUT2D eigenvalue weighted by molar-refractivity contribution is -0.136. The van der Waals surface area contributed by atoms with Crippen LogP contribution in [0.2, 0.25) is 15.1 Å². The fourth-order valence-corrected chi connectivity index (χ4v) is 4.76. The molecular formula is C28H23Cl3N4O4. The number of nitrogens with one attached hydrogen (secondary N) is 1. The average molecular weight is 586 g/mol. The molecule has 11 heteroatoms. The molecule has 0 fully saturated rings. The number of carbonyl (C=O) groups excluding carboxylic acids is 1. The van der Waals surface area contributed by atoms with E-state index in [2.05, 4.69) is 15.4 Å². The third kappa shape index (κ3) is 5.54. The van der Waals surface area contributed by atoms with Crippen molar-refractivity contribution in [2.24, 2.45) is 0 Å². The molecule has 0 saturated carbocycles. The lowest BCUT2D eigenvalue weighted by atomic mass is 9.92. The van der Waals surface area contributed by atoms with E-state index in [1.54, 1.807) is 35.0 Å². The van der Waals surface area contributed by atoms with Gasteiger partial charge in [-0.05, 0) is 60.0 Å². The summed E-state index contributed by atoms with van der Waals surface area (Å²) < 4.78 is 18.9. The molecular weight excluding hydrogens is 563 g/mol. The van der Waals surface area contributed by atoms with Gasteiger partial charge in [0.2, 0.25) is 5.95 Å². The number of hydrogen-bond donors (Lipinski definition) is 1. The Morgan fingerprint density at radius 2 is 1.77 bits per heavy atom. The largest absolute Gasteiger partial charge is 0.490 e. The van der Waals surface area contributed by atoms with E-state index in [1.807, 2.05) is 37.3 Å². The predicted molar refractivity (Wildman–Crippen MR) is 151 cm³/mol. The normalized spacial score (nSPS) is 14.4. The molecule has 0 unspecified atom stereocenters. The highest BCUT2D eigenvalue weighted by atomic mass is 35.5. The van der Waals surface area contributed by atoms with Crippen molar-refractivity contribution in [3.63, 3.8) is 0 Å². The number of aromatic nitrogens is 3. The van der Waals surface area contributed by atoms with Gasteiger partial charge in [-0.3, -0.25) is 0 Å². The summed E-state index contributed by atoms with van der Waals surface area (Å²) in [7, 11) is 1.34. The second kappa shape index (κ2) is 11.6. The molecule has 5 rings (SSSR count). The molecule has 0 saturated heterocycles. The summed E-state index contributed by atoms with van der Waals surface area (Å²) in [6.45, 7) is 2.54. The smallest absolute Gasteiger partial charge is 0.338 e. The number of nitrogens with zero attached hydrogens (tertiary/aromatic N) is 3. The Hall–Kier alpha value is -3.72. The maximum absolute atomic E-state index is 13.2. The van der Waals surface area contributed by atoms with Gasteiger partial charge in [-0.25, -0.2) is 9.48 Å². The molecule has 1 N–H and O–H groups in total. The molecule has 3 aromatic carbocycles. The lowest BCUT2D eigenvalue weighted by Crippen LogP contribution is -2.29. The Morgan fingerprint density at radius 3 is 2.49 bits per heavy atom. The van der Waals surface area contributed by atoms with Crippen LogP contribution >= 0.6 is 34.8 Å². The van der Waals surface area contributed by atoms with Crippen molar-refractivity contribution in [3.8, 4) is 11.5 Å². The third-order valence-corrected chi connectivity index (χ3v) is 7.09. The quantitative estimate of drug-likeness (QED) is 0.227. The van der Waals surface area contributed by atoms with Gasteiger partial charge >= 0.3 is 5.97 Å². The van der Waals surface area contributed by atoms with Crippen LogP contribution in [0.25, 0.3) is 5.70 Å². The summed E-state index contributed by atoms with van der Waals surface area (Å²) in [5, 5.41) is 9.12. The molecule has 1 aliphatic rings. The van der Waals surface area contributed by atoms with Gasteiger partial charge in [-0.15, -0.1) is 0 Å². The van der Waals surface area contributed by atoms with Gasteiger partial charge in [-0.2, -0.15) is 10.1 Å². The molecule has 0 aliphatic carbocycles. The standard InChI is InChI=1S/C28H23Cl3N4O4/c1-3-38-23-13-18(7-11-22(23)39-14-16-4-10-20(30)21(31)12-16)26-24(27(36)37-2)25(17-5-8-19(29)9-6-17)34-28-32-15-33-35(26)28/h4-13,15,26H,3,14H2,1-2H3,(H,32,33,34)/t26-/m0/s1. The molecule has 0 spiro atoms. The SMILES string of the molecule is CCOc1cc([C@H]2C(C(=O)OC)=C(c3ccc(Cl)cc3)Nc3ncnn32)ccc1OCc1ccc(Cl)c(Cl)c1. The van der Waals surface area contributed by atoms with Crippen molar-refractivity contribution in [1.29, 1.82) is 0 Å². The molecule has 1 atom stereocenters. The second-order valence-electron chi connectivity index (χ2n) is 8.52. The number of rotatable bonds is 8. The Labute approximate surface area is 240 Å². The van der Waals surface area contributed by atoms with Crippen LogP contribution in [0.5, 0.6) is 11.5 Å². The Morgan fingerprint density at radius 1 is 0.974 bits per heavy atom. The van der Waals surface area contributed by atoms with Crippen molar-refractivity contribution in [2.45, 2.75) is 19.6 Å². The molecule has 2 heterocycles. The summed E-state index contributed by atoms with van der Waals surface area (Å²) in [5.74, 6) is 0.987. The van der Waals surface area contributed by atoms with Crippen LogP contribution in [-0.4, -0.2) is 34.5 Å². The van der Waals surface area contributed by atoms with E-state index in [9.17, 15) is 4.79 Å². The van der Waals surface area contributed by atoms with E-state index in [4.69, 9.17) is 49.0 Å². The number of ether oxygens (including phenoxy) is 3. The summed E-state index contributed by atoms with van der Waals surface area (Å²) in [5.41, 5.74) is 3.21. The highest BCUT2D eigenvalue weighted by Gasteiger charge is 2.36. The zero-order valence-corrected chi connectivity index (χ0v) is 23.2. The summed E-state index contributed by atoms with van der Waals surface area (Å²) in [4.78, 5) is 17.6. The van der Waals surface area contributed by atoms with Crippen LogP contribution < -0.4 is 14.8 Å². The number of carbonyl (C=O) groups is 1. The van der Waals surface area contributed by atoms with Gasteiger partial charge in [0.15, 0.2) is 11.5 Å². The lowest BCUT2D eigenvalue weighted by Gasteiger charge is -2.29. The van der Waals surface area contributed by atoms with Gasteiger partial charge in [0.25, 0.3) is 0 Å². The van der Waals surface area contributed by atoms with Gasteiger partial charge in [-0.1, -0.05) is 59.1 Å². The van der Waals surface area contributed by atoms with E-state index in [-0.39, 0.29) is 6.61 Å². The van der Waals surface area contributed by atoms with Crippen LogP contribution in [0.15, 0.2) is 72.6 Å². The first-order valence-electron chi connectivity index (χ1n) is 12.0. The summed E-state index contributed by atoms with van der Waals surface area (Å²) in [6.07, 6.45) is 1.42. The molecule has 0 bridgehead atoms. The number of hydrogen-bond acceptors (Lipinski definition) is 7. The first kappa shape index (κ1) is 26.9. The topological polar surface area (TPSA) is 87.5 Å². The molecule has 200 valence electrons. The molecule has 1 aromatic heterocycles. The maximum atomic E-state index is 13.2. The van der Waals surface area contributed by atoms with Crippen LogP contribution in [0.4, 0.5) is 5.95 Å². The first-order valence-corrected chi connectivity index (χ1v) is 13.1. The van der Waals surface area contributed by atoms with Crippen LogP contribution in [0.1, 0.15) is 29.7 Å². The molecule has 8 nitrogen and oxygen atoms in total. The third-order valence-electron chi connectivity index (χ3n) is 6.10. The van der Waals surface area contributed by atoms with E-state index in [0.29, 0.717) is 50.4 Å². The number of esters is 1. The minimum absolute atomic E-state index is 0.255. The van der Waals surface area contributed by atoms with Gasteiger partial charge in [0.1, 0.15) is 19.0 Å². The van der Waals surface area contributed by atoms with Crippen molar-refractivity contribution in [3.05, 3.63) is 104 Å². The highest BCUT2D eigenvalue weighted by molar-refractivity contribution is 6.42. The van der Waals surface area contributed by atoms with Crippen molar-refractivity contribution < 1.29 is 19.0 Å². The van der Waals surface area contributed by atoms with Crippen molar-refractivity contribution >= 4 is 52.4 Å². The molecule has 0 radical (unpaired) electrons. The van der Waals surface area contributed by atoms with Gasteiger partial charge in [0, 0.05) is 5.02 Å². The Balaban J connectivity index is 1.57. The van der Waals surface area contributed by atoms with E-state index in [0.717, 1.165) is 16.7 Å². The Kier molecular flexibility index (Phi) is 7.97. The average Bonchev–Trinajstić information content (AvgIpc) is 3.42. The monoisotopic (exact) mass is 584 g/mol. The maximum Gasteiger partial charge on any atom is 0.338 e. The number of benzene rings is 3. The second-order valence-corrected chi connectivity index (χ2v) is 9.77. The Bertz CT molecular complexity index is 1550. The summed E-state index contributed by atoms with van der Waals surface area (Å²) >= 11 is 18.3. The van der Waals surface area contributed by atoms with Crippen molar-refractivity contribution in [2.75, 3.05) is 19.0 Å². The zero-order valence-electron chi connectivity index (χ0n) is 21.0.